The van der Waals surface area contributed by atoms with Gasteiger partial charge < -0.3 is 15.1 Å². The number of carbonyl (C=O) groups is 1. The van der Waals surface area contributed by atoms with E-state index in [1.165, 1.54) is 6.42 Å². The largest absolute Gasteiger partial charge is 0.395 e. The van der Waals surface area contributed by atoms with E-state index in [2.05, 4.69) is 0 Å². The van der Waals surface area contributed by atoms with Crippen LogP contribution >= 0.6 is 0 Å². The minimum atomic E-state index is 0.0619. The van der Waals surface area contributed by atoms with Crippen molar-refractivity contribution >= 4 is 5.91 Å². The Kier molecular flexibility index (Phi) is 6.83. The fraction of sp³-hybridized carbons (Fsp3) is 0.588. The van der Waals surface area contributed by atoms with E-state index < -0.39 is 0 Å². The van der Waals surface area contributed by atoms with Crippen LogP contribution in [-0.4, -0.2) is 65.3 Å². The number of nitrogens with zero attached hydrogens (tertiary/aromatic N) is 2. The smallest absolute Gasteiger partial charge is 0.253 e. The molecule has 1 aliphatic rings. The summed E-state index contributed by atoms with van der Waals surface area (Å²) in [4.78, 5) is 16.4. The Balaban J connectivity index is 2.03. The van der Waals surface area contributed by atoms with Crippen LogP contribution in [0.3, 0.4) is 0 Å². The molecule has 0 radical (unpaired) electrons. The van der Waals surface area contributed by atoms with Crippen molar-refractivity contribution in [2.24, 2.45) is 0 Å². The maximum Gasteiger partial charge on any atom is 0.253 e. The second kappa shape index (κ2) is 8.88. The van der Waals surface area contributed by atoms with E-state index in [0.717, 1.165) is 37.1 Å². The number of hydrogen-bond donors (Lipinski definition) is 2. The van der Waals surface area contributed by atoms with Gasteiger partial charge in [-0.2, -0.15) is 0 Å². The zero-order chi connectivity index (χ0) is 15.8. The maximum absolute atomic E-state index is 12.5. The van der Waals surface area contributed by atoms with Crippen LogP contribution in [0.25, 0.3) is 0 Å². The highest BCUT2D eigenvalue weighted by Crippen LogP contribution is 2.15. The first-order chi connectivity index (χ1) is 10.7. The molecular weight excluding hydrogens is 280 g/mol. The second-order valence-corrected chi connectivity index (χ2v) is 5.78. The van der Waals surface area contributed by atoms with Crippen molar-refractivity contribution < 1.29 is 15.0 Å². The van der Waals surface area contributed by atoms with Crippen LogP contribution < -0.4 is 0 Å². The maximum atomic E-state index is 12.5. The molecule has 1 saturated heterocycles. The molecule has 2 N–H and O–H groups in total. The van der Waals surface area contributed by atoms with E-state index in [9.17, 15) is 4.79 Å². The summed E-state index contributed by atoms with van der Waals surface area (Å²) in [5.74, 6) is 0.109. The van der Waals surface area contributed by atoms with Crippen LogP contribution in [0.2, 0.25) is 0 Å². The summed E-state index contributed by atoms with van der Waals surface area (Å²) in [6.45, 7) is 3.49. The first-order valence-corrected chi connectivity index (χ1v) is 8.07. The predicted octanol–water partition coefficient (Wildman–Crippen LogP) is 1.10. The minimum Gasteiger partial charge on any atom is -0.395 e. The highest BCUT2D eigenvalue weighted by molar-refractivity contribution is 5.94. The number of rotatable bonds is 7. The van der Waals surface area contributed by atoms with Crippen LogP contribution in [-0.2, 0) is 6.54 Å². The molecule has 22 heavy (non-hydrogen) atoms. The summed E-state index contributed by atoms with van der Waals surface area (Å²) < 4.78 is 0. The first kappa shape index (κ1) is 16.9. The van der Waals surface area contributed by atoms with Crippen molar-refractivity contribution in [1.29, 1.82) is 0 Å². The van der Waals surface area contributed by atoms with Crippen molar-refractivity contribution in [1.82, 2.24) is 9.80 Å². The fourth-order valence-corrected chi connectivity index (χ4v) is 2.89. The normalized spacial score (nSPS) is 15.3. The molecule has 0 atom stereocenters. The van der Waals surface area contributed by atoms with Crippen molar-refractivity contribution in [2.45, 2.75) is 25.8 Å². The van der Waals surface area contributed by atoms with Gasteiger partial charge in [0.2, 0.25) is 0 Å². The number of benzene rings is 1. The SMILES string of the molecule is O=C(c1cccc(CN(CCO)CCO)c1)N1CCCCC1. The van der Waals surface area contributed by atoms with E-state index in [1.54, 1.807) is 0 Å². The summed E-state index contributed by atoms with van der Waals surface area (Å²) in [6.07, 6.45) is 3.39. The number of piperidine rings is 1. The minimum absolute atomic E-state index is 0.0619. The average Bonchev–Trinajstić information content (AvgIpc) is 2.56. The predicted molar refractivity (Wildman–Crippen MR) is 85.6 cm³/mol. The molecule has 1 fully saturated rings. The third-order valence-corrected chi connectivity index (χ3v) is 4.06. The quantitative estimate of drug-likeness (QED) is 0.792. The van der Waals surface area contributed by atoms with Gasteiger partial charge in [0, 0.05) is 38.3 Å². The molecule has 0 aliphatic carbocycles. The lowest BCUT2D eigenvalue weighted by atomic mass is 10.1. The van der Waals surface area contributed by atoms with Gasteiger partial charge in [-0.3, -0.25) is 9.69 Å². The van der Waals surface area contributed by atoms with Gasteiger partial charge >= 0.3 is 0 Å². The molecule has 1 aliphatic heterocycles. The van der Waals surface area contributed by atoms with Crippen molar-refractivity contribution in [3.8, 4) is 0 Å². The molecule has 1 heterocycles. The Morgan fingerprint density at radius 2 is 1.77 bits per heavy atom. The van der Waals surface area contributed by atoms with E-state index in [1.807, 2.05) is 34.1 Å². The number of carbonyl (C=O) groups excluding carboxylic acids is 1. The standard InChI is InChI=1S/C17H26N2O3/c20-11-9-18(10-12-21)14-15-5-4-6-16(13-15)17(22)19-7-2-1-3-8-19/h4-6,13,20-21H,1-3,7-12,14H2. The Labute approximate surface area is 132 Å². The molecule has 0 aromatic heterocycles. The Morgan fingerprint density at radius 1 is 1.09 bits per heavy atom. The number of aliphatic hydroxyl groups is 2. The second-order valence-electron chi connectivity index (χ2n) is 5.78. The molecule has 122 valence electrons. The fourth-order valence-electron chi connectivity index (χ4n) is 2.89. The topological polar surface area (TPSA) is 64.0 Å². The van der Waals surface area contributed by atoms with Crippen LogP contribution in [0.4, 0.5) is 0 Å². The van der Waals surface area contributed by atoms with E-state index in [0.29, 0.717) is 19.6 Å². The van der Waals surface area contributed by atoms with Crippen molar-refractivity contribution in [3.63, 3.8) is 0 Å². The Bertz CT molecular complexity index is 467. The summed E-state index contributed by atoms with van der Waals surface area (Å²) in [5, 5.41) is 18.1. The van der Waals surface area contributed by atoms with Gasteiger partial charge in [0.05, 0.1) is 13.2 Å². The van der Waals surface area contributed by atoms with Crippen LogP contribution in [0, 0.1) is 0 Å². The number of likely N-dealkylation sites (tertiary alicyclic amines) is 1. The summed E-state index contributed by atoms with van der Waals surface area (Å²) >= 11 is 0. The highest BCUT2D eigenvalue weighted by atomic mass is 16.3. The Hall–Kier alpha value is -1.43. The lowest BCUT2D eigenvalue weighted by molar-refractivity contribution is 0.0724. The summed E-state index contributed by atoms with van der Waals surface area (Å²) in [7, 11) is 0. The number of hydrogen-bond acceptors (Lipinski definition) is 4. The van der Waals surface area contributed by atoms with Gasteiger partial charge in [-0.25, -0.2) is 0 Å². The molecule has 1 amide bonds. The summed E-state index contributed by atoms with van der Waals surface area (Å²) in [6, 6.07) is 7.68. The molecule has 0 unspecified atom stereocenters. The van der Waals surface area contributed by atoms with Gasteiger partial charge in [0.15, 0.2) is 0 Å². The third kappa shape index (κ3) is 4.80. The molecule has 1 aromatic rings. The summed E-state index contributed by atoms with van der Waals surface area (Å²) in [5.41, 5.74) is 1.76. The van der Waals surface area contributed by atoms with Gasteiger partial charge in [-0.15, -0.1) is 0 Å². The third-order valence-electron chi connectivity index (χ3n) is 4.06. The van der Waals surface area contributed by atoms with Crippen LogP contribution in [0.1, 0.15) is 35.2 Å². The Morgan fingerprint density at radius 3 is 2.41 bits per heavy atom. The van der Waals surface area contributed by atoms with E-state index in [-0.39, 0.29) is 19.1 Å². The van der Waals surface area contributed by atoms with Crippen molar-refractivity contribution in [2.75, 3.05) is 39.4 Å². The van der Waals surface area contributed by atoms with E-state index >= 15 is 0 Å². The molecule has 5 nitrogen and oxygen atoms in total. The molecule has 2 rings (SSSR count). The van der Waals surface area contributed by atoms with Gasteiger partial charge in [0.25, 0.3) is 5.91 Å². The molecule has 0 spiro atoms. The molecule has 0 bridgehead atoms. The first-order valence-electron chi connectivity index (χ1n) is 8.07. The van der Waals surface area contributed by atoms with Gasteiger partial charge in [0.1, 0.15) is 0 Å². The monoisotopic (exact) mass is 306 g/mol. The molecule has 0 saturated carbocycles. The van der Waals surface area contributed by atoms with Gasteiger partial charge in [-0.1, -0.05) is 12.1 Å². The lowest BCUT2D eigenvalue weighted by Crippen LogP contribution is -2.35. The van der Waals surface area contributed by atoms with Crippen LogP contribution in [0.5, 0.6) is 0 Å². The molecule has 5 heteroatoms. The number of aliphatic hydroxyl groups excluding tert-OH is 2. The highest BCUT2D eigenvalue weighted by Gasteiger charge is 2.18. The zero-order valence-corrected chi connectivity index (χ0v) is 13.1. The molecule has 1 aromatic carbocycles. The molecular formula is C17H26N2O3. The van der Waals surface area contributed by atoms with E-state index in [4.69, 9.17) is 10.2 Å². The van der Waals surface area contributed by atoms with Gasteiger partial charge in [-0.05, 0) is 37.0 Å². The lowest BCUT2D eigenvalue weighted by Gasteiger charge is -2.27. The zero-order valence-electron chi connectivity index (χ0n) is 13.1. The van der Waals surface area contributed by atoms with Crippen LogP contribution in [0.15, 0.2) is 24.3 Å². The van der Waals surface area contributed by atoms with Crippen molar-refractivity contribution in [3.05, 3.63) is 35.4 Å². The average molecular weight is 306 g/mol. The number of amides is 1.